The van der Waals surface area contributed by atoms with Crippen LogP contribution in [0.2, 0.25) is 0 Å². The van der Waals surface area contributed by atoms with Crippen LogP contribution in [-0.2, 0) is 13.5 Å². The second-order valence-electron chi connectivity index (χ2n) is 5.90. The first-order valence-electron chi connectivity index (χ1n) is 8.08. The Bertz CT molecular complexity index is 597. The van der Waals surface area contributed by atoms with E-state index in [2.05, 4.69) is 30.4 Å². The van der Waals surface area contributed by atoms with Crippen molar-refractivity contribution >= 4 is 22.8 Å². The number of rotatable bonds is 7. The molecule has 0 spiro atoms. The fraction of sp³-hybridized carbons (Fsp3) is 0.750. The molecule has 5 heteroatoms. The van der Waals surface area contributed by atoms with E-state index in [1.807, 2.05) is 18.7 Å². The van der Waals surface area contributed by atoms with Gasteiger partial charge in [-0.05, 0) is 26.7 Å². The summed E-state index contributed by atoms with van der Waals surface area (Å²) < 4.78 is 4.26. The molecule has 4 nitrogen and oxygen atoms in total. The minimum Gasteiger partial charge on any atom is -0.309 e. The Kier molecular flexibility index (Phi) is 5.31. The zero-order valence-electron chi connectivity index (χ0n) is 13.9. The van der Waals surface area contributed by atoms with Crippen molar-refractivity contribution < 1.29 is 0 Å². The molecule has 0 fully saturated rings. The van der Waals surface area contributed by atoms with E-state index in [9.17, 15) is 0 Å². The highest BCUT2D eigenvalue weighted by molar-refractivity contribution is 6.20. The van der Waals surface area contributed by atoms with Gasteiger partial charge in [0.1, 0.15) is 11.3 Å². The molecular weight excluding hydrogens is 284 g/mol. The average molecular weight is 311 g/mol. The van der Waals surface area contributed by atoms with Crippen molar-refractivity contribution in [2.75, 3.05) is 0 Å². The first-order chi connectivity index (χ1) is 10.0. The molecule has 2 heterocycles. The number of alkyl halides is 1. The quantitative estimate of drug-likeness (QED) is 0.545. The lowest BCUT2D eigenvalue weighted by atomic mass is 10.1. The Morgan fingerprint density at radius 1 is 1.19 bits per heavy atom. The van der Waals surface area contributed by atoms with Crippen LogP contribution >= 0.6 is 11.6 Å². The molecule has 0 bridgehead atoms. The van der Waals surface area contributed by atoms with Crippen molar-refractivity contribution in [1.82, 2.24) is 19.3 Å². The molecule has 2 aromatic heterocycles. The van der Waals surface area contributed by atoms with Crippen LogP contribution < -0.4 is 0 Å². The van der Waals surface area contributed by atoms with E-state index in [0.717, 1.165) is 35.5 Å². The number of halogens is 1. The van der Waals surface area contributed by atoms with Crippen LogP contribution in [0.3, 0.4) is 0 Å². The lowest BCUT2D eigenvalue weighted by Gasteiger charge is -2.18. The number of aromatic nitrogens is 4. The molecule has 2 aromatic rings. The number of fused-ring (bicyclic) bond motifs is 1. The molecule has 0 aromatic carbocycles. The molecule has 0 amide bonds. The zero-order valence-corrected chi connectivity index (χ0v) is 14.6. The largest absolute Gasteiger partial charge is 0.309 e. The normalized spacial score (nSPS) is 14.8. The van der Waals surface area contributed by atoms with Gasteiger partial charge < -0.3 is 4.57 Å². The van der Waals surface area contributed by atoms with Crippen LogP contribution in [0.1, 0.15) is 76.3 Å². The van der Waals surface area contributed by atoms with Gasteiger partial charge in [0.05, 0.1) is 11.1 Å². The van der Waals surface area contributed by atoms with E-state index in [-0.39, 0.29) is 5.38 Å². The van der Waals surface area contributed by atoms with Gasteiger partial charge in [0.2, 0.25) is 0 Å². The minimum absolute atomic E-state index is 0.0873. The van der Waals surface area contributed by atoms with E-state index >= 15 is 0 Å². The molecule has 2 atom stereocenters. The molecule has 21 heavy (non-hydrogen) atoms. The van der Waals surface area contributed by atoms with Crippen LogP contribution in [0.25, 0.3) is 11.2 Å². The van der Waals surface area contributed by atoms with Gasteiger partial charge in [0.25, 0.3) is 0 Å². The Balaban J connectivity index is 2.48. The molecular formula is C16H27ClN4. The summed E-state index contributed by atoms with van der Waals surface area (Å²) in [5, 5.41) is 4.51. The fourth-order valence-electron chi connectivity index (χ4n) is 2.99. The lowest BCUT2D eigenvalue weighted by Crippen LogP contribution is -2.12. The van der Waals surface area contributed by atoms with Crippen LogP contribution in [0.15, 0.2) is 0 Å². The van der Waals surface area contributed by atoms with Crippen molar-refractivity contribution in [3.8, 4) is 0 Å². The molecule has 0 aliphatic carbocycles. The SMILES string of the molecule is CCCCCC(C)n1c(C(C)Cl)nc2c(CC)nn(C)c21. The van der Waals surface area contributed by atoms with Crippen molar-refractivity contribution in [1.29, 1.82) is 0 Å². The summed E-state index contributed by atoms with van der Waals surface area (Å²) in [5.74, 6) is 0.971. The van der Waals surface area contributed by atoms with E-state index in [1.165, 1.54) is 19.3 Å². The number of aryl methyl sites for hydroxylation is 2. The molecule has 0 aliphatic rings. The third kappa shape index (κ3) is 3.10. The molecule has 0 saturated carbocycles. The van der Waals surface area contributed by atoms with Gasteiger partial charge in [-0.1, -0.05) is 33.1 Å². The third-order valence-corrected chi connectivity index (χ3v) is 4.32. The van der Waals surface area contributed by atoms with Crippen LogP contribution in [-0.4, -0.2) is 19.3 Å². The molecule has 0 N–H and O–H groups in total. The highest BCUT2D eigenvalue weighted by atomic mass is 35.5. The molecule has 0 radical (unpaired) electrons. The van der Waals surface area contributed by atoms with Crippen LogP contribution in [0, 0.1) is 0 Å². The first-order valence-corrected chi connectivity index (χ1v) is 8.52. The van der Waals surface area contributed by atoms with Gasteiger partial charge in [0.15, 0.2) is 5.65 Å². The fourth-order valence-corrected chi connectivity index (χ4v) is 3.15. The standard InChI is InChI=1S/C16H27ClN4/c1-6-8-9-10-11(3)21-15(12(4)17)18-14-13(7-2)19-20(5)16(14)21/h11-12H,6-10H2,1-5H3. The van der Waals surface area contributed by atoms with Crippen molar-refractivity contribution in [3.63, 3.8) is 0 Å². The Labute approximate surface area is 132 Å². The number of nitrogens with zero attached hydrogens (tertiary/aromatic N) is 4. The summed E-state index contributed by atoms with van der Waals surface area (Å²) in [6.45, 7) is 8.62. The summed E-state index contributed by atoms with van der Waals surface area (Å²) in [4.78, 5) is 4.80. The van der Waals surface area contributed by atoms with Gasteiger partial charge in [-0.15, -0.1) is 11.6 Å². The van der Waals surface area contributed by atoms with Crippen molar-refractivity contribution in [3.05, 3.63) is 11.5 Å². The van der Waals surface area contributed by atoms with E-state index in [1.54, 1.807) is 0 Å². The number of hydrogen-bond acceptors (Lipinski definition) is 2. The van der Waals surface area contributed by atoms with E-state index < -0.39 is 0 Å². The Morgan fingerprint density at radius 3 is 2.48 bits per heavy atom. The zero-order chi connectivity index (χ0) is 15.6. The van der Waals surface area contributed by atoms with Gasteiger partial charge >= 0.3 is 0 Å². The smallest absolute Gasteiger partial charge is 0.158 e. The average Bonchev–Trinajstić information content (AvgIpc) is 2.97. The molecule has 118 valence electrons. The van der Waals surface area contributed by atoms with Crippen molar-refractivity contribution in [2.24, 2.45) is 7.05 Å². The van der Waals surface area contributed by atoms with Gasteiger partial charge in [-0.25, -0.2) is 4.98 Å². The predicted octanol–water partition coefficient (Wildman–Crippen LogP) is 4.77. The van der Waals surface area contributed by atoms with Gasteiger partial charge in [-0.2, -0.15) is 5.10 Å². The molecule has 2 unspecified atom stereocenters. The second-order valence-corrected chi connectivity index (χ2v) is 6.55. The first kappa shape index (κ1) is 16.3. The summed E-state index contributed by atoms with van der Waals surface area (Å²) in [7, 11) is 2.00. The number of unbranched alkanes of at least 4 members (excludes halogenated alkanes) is 2. The van der Waals surface area contributed by atoms with Gasteiger partial charge in [0, 0.05) is 13.1 Å². The monoisotopic (exact) mass is 310 g/mol. The van der Waals surface area contributed by atoms with E-state index in [4.69, 9.17) is 16.6 Å². The summed E-state index contributed by atoms with van der Waals surface area (Å²) in [6.07, 6.45) is 5.82. The molecule has 0 aliphatic heterocycles. The van der Waals surface area contributed by atoms with E-state index in [0.29, 0.717) is 6.04 Å². The second kappa shape index (κ2) is 6.82. The van der Waals surface area contributed by atoms with Crippen LogP contribution in [0.4, 0.5) is 0 Å². The molecule has 0 saturated heterocycles. The van der Waals surface area contributed by atoms with Gasteiger partial charge in [-0.3, -0.25) is 4.68 Å². The highest BCUT2D eigenvalue weighted by Gasteiger charge is 2.23. The maximum Gasteiger partial charge on any atom is 0.158 e. The summed E-state index contributed by atoms with van der Waals surface area (Å²) >= 11 is 6.38. The van der Waals surface area contributed by atoms with Crippen LogP contribution in [0.5, 0.6) is 0 Å². The predicted molar refractivity (Wildman–Crippen MR) is 89.0 cm³/mol. The maximum absolute atomic E-state index is 6.38. The Hall–Kier alpha value is -1.03. The number of imidazole rings is 1. The summed E-state index contributed by atoms with van der Waals surface area (Å²) in [6, 6.07) is 0.401. The topological polar surface area (TPSA) is 35.6 Å². The summed E-state index contributed by atoms with van der Waals surface area (Å²) in [5.41, 5.74) is 3.19. The highest BCUT2D eigenvalue weighted by Crippen LogP contribution is 2.31. The maximum atomic E-state index is 6.38. The van der Waals surface area contributed by atoms with Crippen molar-refractivity contribution in [2.45, 2.75) is 71.2 Å². The molecule has 2 rings (SSSR count). The minimum atomic E-state index is -0.0873. The lowest BCUT2D eigenvalue weighted by molar-refractivity contribution is 0.465. The number of hydrogen-bond donors (Lipinski definition) is 0. The Morgan fingerprint density at radius 2 is 1.90 bits per heavy atom. The third-order valence-electron chi connectivity index (χ3n) is 4.12.